The minimum absolute atomic E-state index is 0.0200. The molecule has 4 unspecified atom stereocenters. The van der Waals surface area contributed by atoms with E-state index in [9.17, 15) is 13.9 Å². The lowest BCUT2D eigenvalue weighted by Gasteiger charge is -2.38. The van der Waals surface area contributed by atoms with Gasteiger partial charge in [-0.3, -0.25) is 4.90 Å². The maximum absolute atomic E-state index is 14.3. The van der Waals surface area contributed by atoms with Crippen LogP contribution in [0.2, 0.25) is 0 Å². The summed E-state index contributed by atoms with van der Waals surface area (Å²) in [7, 11) is 1.48. The van der Waals surface area contributed by atoms with Crippen LogP contribution in [0.3, 0.4) is 0 Å². The molecule has 3 saturated heterocycles. The first-order chi connectivity index (χ1) is 21.8. The first-order valence-electron chi connectivity index (χ1n) is 16.0. The largest absolute Gasteiger partial charge is 0.508 e. The first kappa shape index (κ1) is 34.1. The fourth-order valence-electron chi connectivity index (χ4n) is 6.26. The smallest absolute Gasteiger partial charge is 0.324 e. The molecule has 0 spiro atoms. The van der Waals surface area contributed by atoms with E-state index in [0.29, 0.717) is 47.0 Å². The van der Waals surface area contributed by atoms with Gasteiger partial charge >= 0.3 is 12.0 Å². The summed E-state index contributed by atoms with van der Waals surface area (Å²) in [4.78, 5) is 17.5. The van der Waals surface area contributed by atoms with Crippen LogP contribution in [-0.2, 0) is 6.61 Å². The number of phenolic OH excluding ortho intramolecular Hbond substituents is 1. The van der Waals surface area contributed by atoms with E-state index in [-0.39, 0.29) is 29.9 Å². The molecule has 3 aliphatic heterocycles. The number of terminal acetylenes is 1. The molecule has 3 aliphatic rings. The van der Waals surface area contributed by atoms with Crippen LogP contribution in [0.4, 0.5) is 14.7 Å². The summed E-state index contributed by atoms with van der Waals surface area (Å²) < 4.78 is 38.1. The number of alkyl halides is 1. The van der Waals surface area contributed by atoms with Crippen LogP contribution in [0.5, 0.6) is 17.8 Å². The van der Waals surface area contributed by atoms with Crippen molar-refractivity contribution in [3.05, 3.63) is 41.2 Å². The van der Waals surface area contributed by atoms with Gasteiger partial charge in [0.15, 0.2) is 0 Å². The molecule has 4 atom stereocenters. The molecular weight excluding hydrogens is 578 g/mol. The van der Waals surface area contributed by atoms with E-state index in [4.69, 9.17) is 15.9 Å². The fourth-order valence-corrected chi connectivity index (χ4v) is 6.26. The van der Waals surface area contributed by atoms with Gasteiger partial charge in [0.05, 0.1) is 12.7 Å². The van der Waals surface area contributed by atoms with Crippen molar-refractivity contribution in [1.82, 2.24) is 25.2 Å². The van der Waals surface area contributed by atoms with E-state index >= 15 is 0 Å². The van der Waals surface area contributed by atoms with Gasteiger partial charge in [-0.05, 0) is 62.2 Å². The number of hydrogen-bond acceptors (Lipinski definition) is 9. The highest BCUT2D eigenvalue weighted by Crippen LogP contribution is 2.31. The van der Waals surface area contributed by atoms with Crippen LogP contribution in [0.15, 0.2) is 24.3 Å². The number of aromatic nitrogens is 3. The Morgan fingerprint density at radius 3 is 2.42 bits per heavy atom. The third kappa shape index (κ3) is 8.30. The molecule has 45 heavy (non-hydrogen) atoms. The quantitative estimate of drug-likeness (QED) is 0.325. The molecule has 244 valence electrons. The van der Waals surface area contributed by atoms with Crippen LogP contribution < -0.4 is 19.7 Å². The molecule has 0 aliphatic carbocycles. The van der Waals surface area contributed by atoms with Crippen molar-refractivity contribution < 1.29 is 23.4 Å². The van der Waals surface area contributed by atoms with E-state index < -0.39 is 12.0 Å². The summed E-state index contributed by atoms with van der Waals surface area (Å²) in [6, 6.07) is 7.33. The van der Waals surface area contributed by atoms with Crippen molar-refractivity contribution in [3.8, 4) is 30.1 Å². The lowest BCUT2D eigenvalue weighted by Crippen LogP contribution is -2.56. The third-order valence-electron chi connectivity index (χ3n) is 8.48. The number of piperazine rings is 1. The molecule has 9 nitrogen and oxygen atoms in total. The SMILES string of the molecule is C#Cc1c(F)ccc2cc(O)cc(COc3nc(OC)nc(N4CC(CC)NC(CC)C4)n3)c12.CC.FC1CC2CCCN2C1. The Kier molecular flexibility index (Phi) is 12.1. The Labute approximate surface area is 265 Å². The average Bonchev–Trinajstić information content (AvgIpc) is 3.65. The van der Waals surface area contributed by atoms with Gasteiger partial charge in [-0.1, -0.05) is 39.7 Å². The van der Waals surface area contributed by atoms with Crippen LogP contribution in [0.25, 0.3) is 10.8 Å². The van der Waals surface area contributed by atoms with Gasteiger partial charge < -0.3 is 24.8 Å². The van der Waals surface area contributed by atoms with Crippen molar-refractivity contribution >= 4 is 16.7 Å². The van der Waals surface area contributed by atoms with Crippen LogP contribution >= 0.6 is 0 Å². The predicted molar refractivity (Wildman–Crippen MR) is 173 cm³/mol. The molecule has 1 aromatic heterocycles. The zero-order valence-electron chi connectivity index (χ0n) is 27.0. The highest BCUT2D eigenvalue weighted by molar-refractivity contribution is 5.92. The standard InChI is InChI=1S/C25H28FN5O3.C7H12FN.C2H6/c1-5-17-12-31(13-18(6-2)27-17)23-28-24(33-4)30-25(29-23)34-14-16-11-19(32)10-15-8-9-21(26)20(7-3)22(15)16;8-6-4-7-2-1-3-9(7)5-6;1-2/h3,8-11,17-18,27,32H,5-6,12-14H2,1-2,4H3;6-7H,1-5H2;1-2H3. The summed E-state index contributed by atoms with van der Waals surface area (Å²) in [5.74, 6) is 2.38. The molecule has 11 heteroatoms. The molecule has 0 saturated carbocycles. The van der Waals surface area contributed by atoms with Crippen LogP contribution in [-0.4, -0.2) is 82.5 Å². The number of fused-ring (bicyclic) bond motifs is 2. The van der Waals surface area contributed by atoms with Gasteiger partial charge in [-0.2, -0.15) is 9.97 Å². The molecule has 2 N–H and O–H groups in total. The Morgan fingerprint density at radius 2 is 1.78 bits per heavy atom. The molecule has 0 bridgehead atoms. The number of benzene rings is 2. The van der Waals surface area contributed by atoms with Crippen LogP contribution in [0.1, 0.15) is 70.9 Å². The summed E-state index contributed by atoms with van der Waals surface area (Å²) in [6.07, 6.45) is 10.3. The maximum atomic E-state index is 14.3. The first-order valence-corrected chi connectivity index (χ1v) is 16.0. The van der Waals surface area contributed by atoms with E-state index in [1.54, 1.807) is 6.07 Å². The Bertz CT molecular complexity index is 1440. The predicted octanol–water partition coefficient (Wildman–Crippen LogP) is 5.62. The van der Waals surface area contributed by atoms with Crippen LogP contribution in [0, 0.1) is 18.2 Å². The number of phenols is 1. The molecule has 0 radical (unpaired) electrons. The minimum atomic E-state index is -0.518. The summed E-state index contributed by atoms with van der Waals surface area (Å²) in [6.45, 7) is 11.6. The van der Waals surface area contributed by atoms with Gasteiger partial charge in [0.25, 0.3) is 0 Å². The van der Waals surface area contributed by atoms with E-state index in [1.807, 2.05) is 13.8 Å². The summed E-state index contributed by atoms with van der Waals surface area (Å²) >= 11 is 0. The average molecular weight is 625 g/mol. The summed E-state index contributed by atoms with van der Waals surface area (Å²) in [5, 5.41) is 14.9. The molecule has 0 amide bonds. The number of methoxy groups -OCH3 is 1. The third-order valence-corrected chi connectivity index (χ3v) is 8.48. The topological polar surface area (TPSA) is 95.9 Å². The van der Waals surface area contributed by atoms with E-state index in [0.717, 1.165) is 38.9 Å². The molecule has 3 fully saturated rings. The Hall–Kier alpha value is -3.75. The number of ether oxygens (including phenoxy) is 2. The van der Waals surface area contributed by atoms with Gasteiger partial charge in [-0.25, -0.2) is 8.78 Å². The number of anilines is 1. The van der Waals surface area contributed by atoms with Crippen molar-refractivity contribution in [2.75, 3.05) is 38.2 Å². The second-order valence-corrected chi connectivity index (χ2v) is 11.4. The number of nitrogens with one attached hydrogen (secondary N) is 1. The van der Waals surface area contributed by atoms with Crippen molar-refractivity contribution in [2.24, 2.45) is 0 Å². The second kappa shape index (κ2) is 16.0. The molecule has 4 heterocycles. The zero-order chi connectivity index (χ0) is 32.5. The minimum Gasteiger partial charge on any atom is -0.508 e. The Balaban J connectivity index is 0.000000352. The van der Waals surface area contributed by atoms with Gasteiger partial charge in [0.1, 0.15) is 24.3 Å². The number of aromatic hydroxyl groups is 1. The number of rotatable bonds is 7. The van der Waals surface area contributed by atoms with Gasteiger partial charge in [0, 0.05) is 48.7 Å². The maximum Gasteiger partial charge on any atom is 0.324 e. The monoisotopic (exact) mass is 624 g/mol. The van der Waals surface area contributed by atoms with Gasteiger partial charge in [0.2, 0.25) is 5.95 Å². The lowest BCUT2D eigenvalue weighted by molar-refractivity contribution is 0.269. The van der Waals surface area contributed by atoms with E-state index in [1.165, 1.54) is 38.2 Å². The number of hydrogen-bond donors (Lipinski definition) is 2. The fraction of sp³-hybridized carbons (Fsp3) is 0.559. The lowest BCUT2D eigenvalue weighted by atomic mass is 9.99. The number of nitrogens with zero attached hydrogens (tertiary/aromatic N) is 5. The van der Waals surface area contributed by atoms with Crippen molar-refractivity contribution in [1.29, 1.82) is 0 Å². The van der Waals surface area contributed by atoms with Crippen molar-refractivity contribution in [2.45, 2.75) is 90.7 Å². The zero-order valence-corrected chi connectivity index (χ0v) is 27.0. The number of halogens is 2. The normalized spacial score (nSPS) is 22.5. The second-order valence-electron chi connectivity index (χ2n) is 11.4. The van der Waals surface area contributed by atoms with Crippen molar-refractivity contribution in [3.63, 3.8) is 0 Å². The molecule has 3 aromatic rings. The highest BCUT2D eigenvalue weighted by Gasteiger charge is 2.34. The Morgan fingerprint density at radius 1 is 1.07 bits per heavy atom. The van der Waals surface area contributed by atoms with E-state index in [2.05, 4.69) is 49.8 Å². The molecular formula is C34H46F2N6O3. The molecule has 6 rings (SSSR count). The molecule has 2 aromatic carbocycles. The highest BCUT2D eigenvalue weighted by atomic mass is 19.1. The van der Waals surface area contributed by atoms with Gasteiger partial charge in [-0.15, -0.1) is 11.4 Å². The summed E-state index contributed by atoms with van der Waals surface area (Å²) in [5.41, 5.74) is 0.629.